The molecule has 0 aromatic heterocycles. The second-order valence-corrected chi connectivity index (χ2v) is 8.87. The molecule has 0 bridgehead atoms. The number of hydrogen-bond donors (Lipinski definition) is 1. The van der Waals surface area contributed by atoms with Crippen LogP contribution in [0.1, 0.15) is 45.2 Å². The zero-order valence-electron chi connectivity index (χ0n) is 14.1. The first-order chi connectivity index (χ1) is 10.1. The van der Waals surface area contributed by atoms with E-state index in [2.05, 4.69) is 5.32 Å². The fourth-order valence-electron chi connectivity index (χ4n) is 2.50. The molecule has 0 aliphatic rings. The molecule has 5 heteroatoms. The Morgan fingerprint density at radius 1 is 1.27 bits per heavy atom. The summed E-state index contributed by atoms with van der Waals surface area (Å²) >= 11 is 0. The largest absolute Gasteiger partial charge is 0.354 e. The Hall–Kier alpha value is -1.36. The molecule has 22 heavy (non-hydrogen) atoms. The fraction of sp³-hybridized carbons (Fsp3) is 0.588. The Kier molecular flexibility index (Phi) is 6.17. The van der Waals surface area contributed by atoms with Gasteiger partial charge in [-0.25, -0.2) is 8.42 Å². The number of hydrogen-bond acceptors (Lipinski definition) is 3. The van der Waals surface area contributed by atoms with Crippen molar-refractivity contribution in [2.45, 2.75) is 51.7 Å². The fourth-order valence-corrected chi connectivity index (χ4v) is 3.84. The molecule has 1 amide bonds. The van der Waals surface area contributed by atoms with E-state index in [0.29, 0.717) is 13.0 Å². The van der Waals surface area contributed by atoms with Crippen LogP contribution in [-0.4, -0.2) is 31.9 Å². The van der Waals surface area contributed by atoms with Crippen molar-refractivity contribution in [3.05, 3.63) is 35.4 Å². The monoisotopic (exact) mass is 325 g/mol. The van der Waals surface area contributed by atoms with Crippen molar-refractivity contribution in [1.82, 2.24) is 5.32 Å². The van der Waals surface area contributed by atoms with Crippen LogP contribution in [0, 0.1) is 6.92 Å². The summed E-state index contributed by atoms with van der Waals surface area (Å²) in [6.07, 6.45) is 0.522. The number of aryl methyl sites for hydroxylation is 1. The summed E-state index contributed by atoms with van der Waals surface area (Å²) < 4.78 is 23.9. The number of nitrogens with one attached hydrogen (secondary N) is 1. The van der Waals surface area contributed by atoms with E-state index in [1.165, 1.54) is 6.92 Å². The third-order valence-electron chi connectivity index (χ3n) is 3.98. The van der Waals surface area contributed by atoms with Crippen molar-refractivity contribution < 1.29 is 13.2 Å². The molecule has 1 N–H and O–H groups in total. The lowest BCUT2D eigenvalue weighted by Crippen LogP contribution is -2.44. The molecule has 0 fully saturated rings. The van der Waals surface area contributed by atoms with Gasteiger partial charge in [-0.2, -0.15) is 0 Å². The van der Waals surface area contributed by atoms with Gasteiger partial charge in [0.15, 0.2) is 9.84 Å². The second-order valence-electron chi connectivity index (χ2n) is 6.43. The minimum atomic E-state index is -3.36. The summed E-state index contributed by atoms with van der Waals surface area (Å²) in [5.41, 5.74) is 2.06. The Balaban J connectivity index is 2.77. The van der Waals surface area contributed by atoms with E-state index in [1.54, 1.807) is 6.92 Å². The Labute approximate surface area is 134 Å². The van der Waals surface area contributed by atoms with Gasteiger partial charge in [0, 0.05) is 12.0 Å². The molecule has 0 radical (unpaired) electrons. The zero-order valence-corrected chi connectivity index (χ0v) is 15.0. The van der Waals surface area contributed by atoms with E-state index >= 15 is 0 Å². The Morgan fingerprint density at radius 2 is 1.86 bits per heavy atom. The number of sulfone groups is 1. The van der Waals surface area contributed by atoms with Crippen molar-refractivity contribution in [1.29, 1.82) is 0 Å². The smallest absolute Gasteiger partial charge is 0.238 e. The first-order valence-corrected chi connectivity index (χ1v) is 9.38. The molecule has 0 saturated heterocycles. The highest BCUT2D eigenvalue weighted by Crippen LogP contribution is 2.25. The van der Waals surface area contributed by atoms with E-state index in [4.69, 9.17) is 0 Å². The SMILES string of the molecule is CCCS(=O)(=O)C(C)C(=O)NCC(C)(C)c1ccccc1C. The number of carbonyl (C=O) groups excluding carboxylic acids is 1. The highest BCUT2D eigenvalue weighted by Gasteiger charge is 2.29. The molecule has 0 spiro atoms. The van der Waals surface area contributed by atoms with Crippen LogP contribution in [0.15, 0.2) is 24.3 Å². The van der Waals surface area contributed by atoms with E-state index in [-0.39, 0.29) is 11.2 Å². The van der Waals surface area contributed by atoms with Crippen LogP contribution in [0.5, 0.6) is 0 Å². The molecule has 0 heterocycles. The van der Waals surface area contributed by atoms with Gasteiger partial charge >= 0.3 is 0 Å². The predicted molar refractivity (Wildman–Crippen MR) is 90.8 cm³/mol. The van der Waals surface area contributed by atoms with Crippen molar-refractivity contribution in [3.63, 3.8) is 0 Å². The third kappa shape index (κ3) is 4.57. The second kappa shape index (κ2) is 7.27. The van der Waals surface area contributed by atoms with E-state index in [1.807, 2.05) is 45.0 Å². The average molecular weight is 325 g/mol. The summed E-state index contributed by atoms with van der Waals surface area (Å²) in [4.78, 5) is 12.1. The lowest BCUT2D eigenvalue weighted by molar-refractivity contribution is -0.120. The summed E-state index contributed by atoms with van der Waals surface area (Å²) in [5.74, 6) is -0.377. The number of rotatable bonds is 7. The third-order valence-corrected chi connectivity index (χ3v) is 6.24. The summed E-state index contributed by atoms with van der Waals surface area (Å²) in [7, 11) is -3.36. The van der Waals surface area contributed by atoms with E-state index < -0.39 is 21.0 Å². The number of amides is 1. The predicted octanol–water partition coefficient (Wildman–Crippen LogP) is 2.60. The van der Waals surface area contributed by atoms with Gasteiger partial charge in [-0.3, -0.25) is 4.79 Å². The van der Waals surface area contributed by atoms with Gasteiger partial charge < -0.3 is 5.32 Å². The average Bonchev–Trinajstić information content (AvgIpc) is 2.44. The van der Waals surface area contributed by atoms with E-state index in [9.17, 15) is 13.2 Å². The normalized spacial score (nSPS) is 13.7. The van der Waals surface area contributed by atoms with Gasteiger partial charge in [-0.05, 0) is 31.4 Å². The van der Waals surface area contributed by atoms with Gasteiger partial charge in [0.25, 0.3) is 0 Å². The molecule has 1 atom stereocenters. The van der Waals surface area contributed by atoms with Gasteiger partial charge in [0.1, 0.15) is 5.25 Å². The van der Waals surface area contributed by atoms with Crippen molar-refractivity contribution in [3.8, 4) is 0 Å². The van der Waals surface area contributed by atoms with Gasteiger partial charge in [0.2, 0.25) is 5.91 Å². The van der Waals surface area contributed by atoms with Crippen molar-refractivity contribution in [2.24, 2.45) is 0 Å². The number of carbonyl (C=O) groups is 1. The molecule has 4 nitrogen and oxygen atoms in total. The lowest BCUT2D eigenvalue weighted by atomic mass is 9.82. The summed E-state index contributed by atoms with van der Waals surface area (Å²) in [6, 6.07) is 8.03. The standard InChI is InChI=1S/C17H27NO3S/c1-6-11-22(20,21)14(3)16(19)18-12-17(4,5)15-10-8-7-9-13(15)2/h7-10,14H,6,11-12H2,1-5H3,(H,18,19). The quantitative estimate of drug-likeness (QED) is 0.838. The molecule has 0 aliphatic heterocycles. The molecule has 124 valence electrons. The first-order valence-electron chi connectivity index (χ1n) is 7.67. The van der Waals surface area contributed by atoms with Crippen LogP contribution >= 0.6 is 0 Å². The molecular weight excluding hydrogens is 298 g/mol. The van der Waals surface area contributed by atoms with Crippen molar-refractivity contribution in [2.75, 3.05) is 12.3 Å². The molecule has 1 aromatic rings. The minimum Gasteiger partial charge on any atom is -0.354 e. The number of benzene rings is 1. The van der Waals surface area contributed by atoms with E-state index in [0.717, 1.165) is 11.1 Å². The van der Waals surface area contributed by atoms with Crippen LogP contribution < -0.4 is 5.32 Å². The van der Waals surface area contributed by atoms with Crippen LogP contribution in [0.4, 0.5) is 0 Å². The molecular formula is C17H27NO3S. The first kappa shape index (κ1) is 18.7. The molecule has 0 saturated carbocycles. The van der Waals surface area contributed by atoms with Gasteiger partial charge in [0.05, 0.1) is 5.75 Å². The topological polar surface area (TPSA) is 63.2 Å². The van der Waals surface area contributed by atoms with Crippen molar-refractivity contribution >= 4 is 15.7 Å². The van der Waals surface area contributed by atoms with Gasteiger partial charge in [-0.15, -0.1) is 0 Å². The highest BCUT2D eigenvalue weighted by atomic mass is 32.2. The van der Waals surface area contributed by atoms with Crippen LogP contribution in [0.25, 0.3) is 0 Å². The highest BCUT2D eigenvalue weighted by molar-refractivity contribution is 7.92. The zero-order chi connectivity index (χ0) is 17.0. The minimum absolute atomic E-state index is 0.0444. The lowest BCUT2D eigenvalue weighted by Gasteiger charge is -2.28. The van der Waals surface area contributed by atoms with Crippen LogP contribution in [0.2, 0.25) is 0 Å². The maximum absolute atomic E-state index is 12.1. The molecule has 0 aliphatic carbocycles. The summed E-state index contributed by atoms with van der Waals surface area (Å²) in [5, 5.41) is 1.79. The van der Waals surface area contributed by atoms with Gasteiger partial charge in [-0.1, -0.05) is 45.0 Å². The molecule has 1 aromatic carbocycles. The molecule has 1 unspecified atom stereocenters. The summed E-state index contributed by atoms with van der Waals surface area (Å²) in [6.45, 7) is 9.78. The van der Waals surface area contributed by atoms with Crippen LogP contribution in [0.3, 0.4) is 0 Å². The molecule has 1 rings (SSSR count). The van der Waals surface area contributed by atoms with Crippen LogP contribution in [-0.2, 0) is 20.0 Å². The Morgan fingerprint density at radius 3 is 2.41 bits per heavy atom. The Bertz CT molecular complexity index is 621. The maximum atomic E-state index is 12.1. The maximum Gasteiger partial charge on any atom is 0.238 e.